The van der Waals surface area contributed by atoms with E-state index in [1.165, 1.54) is 0 Å². The second-order valence-corrected chi connectivity index (χ2v) is 2.84. The molecule has 0 saturated carbocycles. The van der Waals surface area contributed by atoms with Gasteiger partial charge in [-0.05, 0) is 0 Å². The lowest BCUT2D eigenvalue weighted by molar-refractivity contribution is -0.134. The number of methoxy groups -OCH3 is 1. The average Bonchev–Trinajstić information content (AvgIpc) is 2.30. The topological polar surface area (TPSA) is 38.3 Å². The molecule has 0 aliphatic carbocycles. The lowest BCUT2D eigenvalue weighted by Gasteiger charge is -2.05. The molecule has 0 fully saturated rings. The van der Waals surface area contributed by atoms with Crippen molar-refractivity contribution in [2.45, 2.75) is 0 Å². The molecule has 92 valence electrons. The first-order valence-electron chi connectivity index (χ1n) is 4.31. The number of hydrogen-bond acceptors (Lipinski definition) is 3. The number of rotatable bonds is 3. The van der Waals surface area contributed by atoms with E-state index in [9.17, 15) is 22.4 Å². The molecule has 17 heavy (non-hydrogen) atoms. The fourth-order valence-electron chi connectivity index (χ4n) is 0.961. The number of esters is 1. The first kappa shape index (κ1) is 13.0. The molecule has 0 amide bonds. The number of ether oxygens (including phenoxy) is 1. The first-order chi connectivity index (χ1) is 7.97. The van der Waals surface area contributed by atoms with Crippen molar-refractivity contribution >= 4 is 11.7 Å². The lowest BCUT2D eigenvalue weighted by atomic mass is 10.2. The minimum atomic E-state index is -1.58. The largest absolute Gasteiger partial charge is 0.466 e. The van der Waals surface area contributed by atoms with Gasteiger partial charge in [0.15, 0.2) is 23.3 Å². The molecule has 0 spiro atoms. The number of carbonyl (C=O) groups is 1. The summed E-state index contributed by atoms with van der Waals surface area (Å²) in [7, 11) is 1.09. The lowest BCUT2D eigenvalue weighted by Crippen LogP contribution is -2.03. The van der Waals surface area contributed by atoms with Crippen LogP contribution in [-0.4, -0.2) is 13.1 Å². The minimum Gasteiger partial charge on any atom is -0.466 e. The summed E-state index contributed by atoms with van der Waals surface area (Å²) in [6.45, 7) is 0. The summed E-state index contributed by atoms with van der Waals surface area (Å²) < 4.78 is 55.8. The summed E-state index contributed by atoms with van der Waals surface area (Å²) in [5.74, 6) is -7.05. The maximum Gasteiger partial charge on any atom is 0.331 e. The summed E-state index contributed by atoms with van der Waals surface area (Å²) in [5, 5.41) is 1.92. The first-order valence-corrected chi connectivity index (χ1v) is 4.31. The molecule has 0 saturated heterocycles. The van der Waals surface area contributed by atoms with Gasteiger partial charge in [0.2, 0.25) is 0 Å². The van der Waals surface area contributed by atoms with Gasteiger partial charge in [-0.2, -0.15) is 0 Å². The van der Waals surface area contributed by atoms with Gasteiger partial charge in [-0.1, -0.05) is 0 Å². The molecule has 0 bridgehead atoms. The second-order valence-electron chi connectivity index (χ2n) is 2.84. The van der Waals surface area contributed by atoms with Gasteiger partial charge in [0.25, 0.3) is 0 Å². The van der Waals surface area contributed by atoms with Crippen LogP contribution in [0.25, 0.3) is 0 Å². The fraction of sp³-hybridized carbons (Fsp3) is 0.100. The van der Waals surface area contributed by atoms with Crippen LogP contribution in [0.4, 0.5) is 23.2 Å². The van der Waals surface area contributed by atoms with Gasteiger partial charge in [-0.3, -0.25) is 0 Å². The predicted octanol–water partition coefficient (Wildman–Crippen LogP) is 2.34. The molecular weight excluding hydrogens is 242 g/mol. The number of nitrogens with one attached hydrogen (secondary N) is 1. The van der Waals surface area contributed by atoms with Crippen molar-refractivity contribution in [3.63, 3.8) is 0 Å². The maximum absolute atomic E-state index is 13.1. The Hall–Kier alpha value is -2.05. The van der Waals surface area contributed by atoms with Gasteiger partial charge in [-0.15, -0.1) is 0 Å². The highest BCUT2D eigenvalue weighted by molar-refractivity contribution is 5.82. The van der Waals surface area contributed by atoms with Crippen LogP contribution in [-0.2, 0) is 9.53 Å². The van der Waals surface area contributed by atoms with Crippen LogP contribution in [0.1, 0.15) is 0 Å². The summed E-state index contributed by atoms with van der Waals surface area (Å²) >= 11 is 0. The molecule has 1 rings (SSSR count). The van der Waals surface area contributed by atoms with E-state index >= 15 is 0 Å². The molecule has 0 aliphatic rings. The van der Waals surface area contributed by atoms with Gasteiger partial charge >= 0.3 is 5.97 Å². The quantitative estimate of drug-likeness (QED) is 0.387. The summed E-state index contributed by atoms with van der Waals surface area (Å²) in [6.07, 6.45) is 1.59. The molecule has 0 unspecified atom stereocenters. The molecule has 0 atom stereocenters. The Balaban J connectivity index is 2.98. The normalized spacial score (nSPS) is 10.6. The van der Waals surface area contributed by atoms with Crippen LogP contribution in [0.3, 0.4) is 0 Å². The zero-order valence-electron chi connectivity index (χ0n) is 8.56. The Morgan fingerprint density at radius 3 is 2.24 bits per heavy atom. The number of hydrogen-bond donors (Lipinski definition) is 1. The van der Waals surface area contributed by atoms with E-state index in [0.29, 0.717) is 0 Å². The van der Waals surface area contributed by atoms with Crippen molar-refractivity contribution in [3.8, 4) is 0 Å². The van der Waals surface area contributed by atoms with E-state index in [4.69, 9.17) is 0 Å². The Morgan fingerprint density at radius 2 is 1.76 bits per heavy atom. The van der Waals surface area contributed by atoms with Gasteiger partial charge in [-0.25, -0.2) is 22.4 Å². The van der Waals surface area contributed by atoms with E-state index in [0.717, 1.165) is 19.4 Å². The summed E-state index contributed by atoms with van der Waals surface area (Å²) in [4.78, 5) is 10.6. The summed E-state index contributed by atoms with van der Waals surface area (Å²) in [6, 6.07) is 0.0832. The molecule has 0 heterocycles. The zero-order chi connectivity index (χ0) is 13.0. The van der Waals surface area contributed by atoms with Crippen LogP contribution >= 0.6 is 0 Å². The van der Waals surface area contributed by atoms with Gasteiger partial charge < -0.3 is 10.1 Å². The molecule has 1 N–H and O–H groups in total. The number of carbonyl (C=O) groups excluding carboxylic acids is 1. The third kappa shape index (κ3) is 2.96. The maximum atomic E-state index is 13.1. The standard InChI is InChI=1S/C10H7F4NO2/c1-17-7(16)2-3-15-10-8(13)5(11)4-6(12)9(10)14/h2-4,15H,1H3/b3-2+. The molecular formula is C10H7F4NO2. The van der Waals surface area contributed by atoms with Crippen molar-refractivity contribution in [2.24, 2.45) is 0 Å². The number of benzene rings is 1. The van der Waals surface area contributed by atoms with Crippen molar-refractivity contribution in [3.05, 3.63) is 41.6 Å². The second kappa shape index (κ2) is 5.33. The van der Waals surface area contributed by atoms with E-state index in [2.05, 4.69) is 4.74 Å². The zero-order valence-corrected chi connectivity index (χ0v) is 8.56. The average molecular weight is 249 g/mol. The van der Waals surface area contributed by atoms with Gasteiger partial charge in [0.05, 0.1) is 7.11 Å². The summed E-state index contributed by atoms with van der Waals surface area (Å²) in [5.41, 5.74) is -1.03. The molecule has 0 radical (unpaired) electrons. The van der Waals surface area contributed by atoms with E-state index in [-0.39, 0.29) is 6.07 Å². The van der Waals surface area contributed by atoms with Crippen molar-refractivity contribution in [2.75, 3.05) is 12.4 Å². The third-order valence-electron chi connectivity index (χ3n) is 1.76. The van der Waals surface area contributed by atoms with Gasteiger partial charge in [0.1, 0.15) is 5.69 Å². The molecule has 3 nitrogen and oxygen atoms in total. The van der Waals surface area contributed by atoms with Crippen molar-refractivity contribution in [1.82, 2.24) is 0 Å². The number of anilines is 1. The van der Waals surface area contributed by atoms with Crippen LogP contribution < -0.4 is 5.32 Å². The van der Waals surface area contributed by atoms with E-state index < -0.39 is 34.9 Å². The molecule has 1 aromatic carbocycles. The smallest absolute Gasteiger partial charge is 0.331 e. The minimum absolute atomic E-state index is 0.0832. The highest BCUT2D eigenvalue weighted by Gasteiger charge is 2.17. The van der Waals surface area contributed by atoms with E-state index in [1.54, 1.807) is 0 Å². The van der Waals surface area contributed by atoms with Crippen molar-refractivity contribution in [1.29, 1.82) is 0 Å². The predicted molar refractivity (Wildman–Crippen MR) is 51.1 cm³/mol. The number of halogens is 4. The fourth-order valence-corrected chi connectivity index (χ4v) is 0.961. The monoisotopic (exact) mass is 249 g/mol. The Kier molecular flexibility index (Phi) is 4.08. The molecule has 1 aromatic rings. The van der Waals surface area contributed by atoms with Crippen molar-refractivity contribution < 1.29 is 27.1 Å². The highest BCUT2D eigenvalue weighted by Crippen LogP contribution is 2.23. The van der Waals surface area contributed by atoms with Crippen LogP contribution in [0.5, 0.6) is 0 Å². The third-order valence-corrected chi connectivity index (χ3v) is 1.76. The van der Waals surface area contributed by atoms with Crippen LogP contribution in [0.15, 0.2) is 18.3 Å². The Bertz CT molecular complexity index is 448. The highest BCUT2D eigenvalue weighted by atomic mass is 19.2. The van der Waals surface area contributed by atoms with E-state index in [1.807, 2.05) is 5.32 Å². The molecule has 0 aliphatic heterocycles. The SMILES string of the molecule is COC(=O)/C=C/Nc1c(F)c(F)cc(F)c1F. The Labute approximate surface area is 93.7 Å². The molecule has 0 aromatic heterocycles. The van der Waals surface area contributed by atoms with Gasteiger partial charge in [0, 0.05) is 18.3 Å². The molecule has 7 heteroatoms. The van der Waals surface area contributed by atoms with Crippen LogP contribution in [0.2, 0.25) is 0 Å². The Morgan fingerprint density at radius 1 is 1.24 bits per heavy atom. The van der Waals surface area contributed by atoms with Crippen LogP contribution in [0, 0.1) is 23.3 Å².